The Labute approximate surface area is 127 Å². The van der Waals surface area contributed by atoms with Crippen LogP contribution in [0.15, 0.2) is 48.9 Å². The average molecular weight is 291 g/mol. The highest BCUT2D eigenvalue weighted by molar-refractivity contribution is 5.60. The number of aryl methyl sites for hydroxylation is 1. The molecule has 0 aliphatic rings. The molecule has 6 heteroatoms. The summed E-state index contributed by atoms with van der Waals surface area (Å²) in [5.74, 6) is 1.21. The Morgan fingerprint density at radius 3 is 2.73 bits per heavy atom. The third kappa shape index (κ3) is 2.74. The maximum absolute atomic E-state index is 8.88. The minimum Gasteiger partial charge on any atom is -0.457 e. The van der Waals surface area contributed by atoms with Crippen LogP contribution in [-0.2, 0) is 7.05 Å². The molecule has 108 valence electrons. The van der Waals surface area contributed by atoms with E-state index < -0.39 is 0 Å². The van der Waals surface area contributed by atoms with Gasteiger partial charge in [-0.15, -0.1) is 0 Å². The number of nitrogen functional groups attached to an aromatic ring is 1. The third-order valence-corrected chi connectivity index (χ3v) is 3.11. The Balaban J connectivity index is 1.87. The second kappa shape index (κ2) is 5.58. The lowest BCUT2D eigenvalue weighted by atomic mass is 10.2. The second-order valence-electron chi connectivity index (χ2n) is 4.74. The summed E-state index contributed by atoms with van der Waals surface area (Å²) in [6, 6.07) is 10.6. The van der Waals surface area contributed by atoms with E-state index in [9.17, 15) is 0 Å². The fourth-order valence-electron chi connectivity index (χ4n) is 2.03. The van der Waals surface area contributed by atoms with Crippen molar-refractivity contribution >= 4 is 5.69 Å². The summed E-state index contributed by atoms with van der Waals surface area (Å²) in [4.78, 5) is 4.31. The summed E-state index contributed by atoms with van der Waals surface area (Å²) in [5.41, 5.74) is 8.28. The van der Waals surface area contributed by atoms with Gasteiger partial charge in [0.15, 0.2) is 0 Å². The zero-order valence-electron chi connectivity index (χ0n) is 11.9. The Morgan fingerprint density at radius 2 is 2.05 bits per heavy atom. The molecule has 0 unspecified atom stereocenters. The van der Waals surface area contributed by atoms with Gasteiger partial charge in [0.1, 0.15) is 17.6 Å². The number of ether oxygens (including phenoxy) is 1. The van der Waals surface area contributed by atoms with E-state index in [1.54, 1.807) is 41.3 Å². The van der Waals surface area contributed by atoms with Gasteiger partial charge in [-0.2, -0.15) is 10.4 Å². The molecule has 22 heavy (non-hydrogen) atoms. The van der Waals surface area contributed by atoms with E-state index in [0.717, 1.165) is 11.3 Å². The first-order chi connectivity index (χ1) is 10.7. The number of rotatable bonds is 3. The Kier molecular flexibility index (Phi) is 3.46. The van der Waals surface area contributed by atoms with E-state index in [1.807, 2.05) is 25.4 Å². The fraction of sp³-hybridized carbons (Fsp3) is 0.0625. The van der Waals surface area contributed by atoms with E-state index in [-0.39, 0.29) is 0 Å². The predicted molar refractivity (Wildman–Crippen MR) is 82.1 cm³/mol. The molecule has 2 heterocycles. The summed E-state index contributed by atoms with van der Waals surface area (Å²) < 4.78 is 7.49. The average Bonchev–Trinajstić information content (AvgIpc) is 2.94. The van der Waals surface area contributed by atoms with Crippen LogP contribution in [0.4, 0.5) is 5.69 Å². The van der Waals surface area contributed by atoms with Crippen molar-refractivity contribution in [2.75, 3.05) is 5.73 Å². The van der Waals surface area contributed by atoms with Crippen molar-refractivity contribution in [3.8, 4) is 28.8 Å². The van der Waals surface area contributed by atoms with Crippen molar-refractivity contribution in [3.05, 3.63) is 54.5 Å². The van der Waals surface area contributed by atoms with Gasteiger partial charge >= 0.3 is 0 Å². The van der Waals surface area contributed by atoms with E-state index in [2.05, 4.69) is 10.1 Å². The minimum atomic E-state index is 0.390. The number of anilines is 1. The first-order valence-electron chi connectivity index (χ1n) is 6.58. The molecule has 1 aromatic carbocycles. The van der Waals surface area contributed by atoms with Crippen molar-refractivity contribution in [1.29, 1.82) is 5.26 Å². The van der Waals surface area contributed by atoms with Gasteiger partial charge in [0, 0.05) is 37.1 Å². The number of hydrogen-bond donors (Lipinski definition) is 1. The normalized spacial score (nSPS) is 10.2. The van der Waals surface area contributed by atoms with Crippen LogP contribution in [0.1, 0.15) is 5.56 Å². The SMILES string of the molecule is Cn1cc(-c2cc(Oc3ccc(C#N)c(N)c3)ccn2)cn1. The van der Waals surface area contributed by atoms with Gasteiger partial charge in [-0.25, -0.2) is 0 Å². The molecule has 0 fully saturated rings. The standard InChI is InChI=1S/C16H13N5O/c1-21-10-12(9-20-21)16-7-14(4-5-19-16)22-13-3-2-11(8-17)15(18)6-13/h2-7,9-10H,18H2,1H3. The van der Waals surface area contributed by atoms with E-state index >= 15 is 0 Å². The van der Waals surface area contributed by atoms with Crippen LogP contribution in [-0.4, -0.2) is 14.8 Å². The number of nitrogens with two attached hydrogens (primary N) is 1. The highest BCUT2D eigenvalue weighted by atomic mass is 16.5. The zero-order chi connectivity index (χ0) is 15.5. The highest BCUT2D eigenvalue weighted by Crippen LogP contribution is 2.27. The predicted octanol–water partition coefficient (Wildman–Crippen LogP) is 2.73. The summed E-state index contributed by atoms with van der Waals surface area (Å²) in [7, 11) is 1.85. The molecule has 0 radical (unpaired) electrons. The quantitative estimate of drug-likeness (QED) is 0.749. The lowest BCUT2D eigenvalue weighted by Crippen LogP contribution is -1.92. The molecular formula is C16H13N5O. The Hall–Kier alpha value is -3.33. The number of benzene rings is 1. The lowest BCUT2D eigenvalue weighted by Gasteiger charge is -2.08. The third-order valence-electron chi connectivity index (χ3n) is 3.11. The largest absolute Gasteiger partial charge is 0.457 e. The number of nitrogens with zero attached hydrogens (tertiary/aromatic N) is 4. The monoisotopic (exact) mass is 291 g/mol. The second-order valence-corrected chi connectivity index (χ2v) is 4.74. The zero-order valence-corrected chi connectivity index (χ0v) is 11.9. The summed E-state index contributed by atoms with van der Waals surface area (Å²) in [6.45, 7) is 0. The van der Waals surface area contributed by atoms with Gasteiger partial charge in [-0.3, -0.25) is 9.67 Å². The van der Waals surface area contributed by atoms with Crippen LogP contribution in [0.5, 0.6) is 11.5 Å². The Bertz CT molecular complexity index is 863. The van der Waals surface area contributed by atoms with Crippen molar-refractivity contribution in [3.63, 3.8) is 0 Å². The number of nitriles is 1. The molecule has 0 spiro atoms. The van der Waals surface area contributed by atoms with E-state index in [4.69, 9.17) is 15.7 Å². The molecule has 0 atom stereocenters. The Morgan fingerprint density at radius 1 is 1.23 bits per heavy atom. The van der Waals surface area contributed by atoms with Gasteiger partial charge in [-0.05, 0) is 18.2 Å². The van der Waals surface area contributed by atoms with Crippen molar-refractivity contribution in [1.82, 2.24) is 14.8 Å². The van der Waals surface area contributed by atoms with Crippen LogP contribution < -0.4 is 10.5 Å². The number of aromatic nitrogens is 3. The van der Waals surface area contributed by atoms with Crippen molar-refractivity contribution in [2.45, 2.75) is 0 Å². The van der Waals surface area contributed by atoms with E-state index in [1.165, 1.54) is 0 Å². The maximum Gasteiger partial charge on any atom is 0.131 e. The van der Waals surface area contributed by atoms with Crippen LogP contribution in [0.2, 0.25) is 0 Å². The van der Waals surface area contributed by atoms with Crippen LogP contribution in [0.25, 0.3) is 11.3 Å². The van der Waals surface area contributed by atoms with Gasteiger partial charge in [0.25, 0.3) is 0 Å². The molecule has 3 rings (SSSR count). The van der Waals surface area contributed by atoms with Crippen molar-refractivity contribution in [2.24, 2.45) is 7.05 Å². The molecule has 0 amide bonds. The summed E-state index contributed by atoms with van der Waals surface area (Å²) in [5, 5.41) is 13.0. The molecule has 0 aliphatic carbocycles. The molecule has 0 saturated carbocycles. The fourth-order valence-corrected chi connectivity index (χ4v) is 2.03. The molecule has 6 nitrogen and oxygen atoms in total. The first-order valence-corrected chi connectivity index (χ1v) is 6.58. The molecule has 3 aromatic rings. The maximum atomic E-state index is 8.88. The molecular weight excluding hydrogens is 278 g/mol. The molecule has 0 aliphatic heterocycles. The van der Waals surface area contributed by atoms with Gasteiger partial charge in [0.05, 0.1) is 23.1 Å². The van der Waals surface area contributed by atoms with Gasteiger partial charge < -0.3 is 10.5 Å². The van der Waals surface area contributed by atoms with Crippen LogP contribution >= 0.6 is 0 Å². The number of hydrogen-bond acceptors (Lipinski definition) is 5. The van der Waals surface area contributed by atoms with E-state index in [0.29, 0.717) is 22.7 Å². The highest BCUT2D eigenvalue weighted by Gasteiger charge is 2.06. The number of pyridine rings is 1. The molecule has 0 saturated heterocycles. The minimum absolute atomic E-state index is 0.390. The molecule has 0 bridgehead atoms. The lowest BCUT2D eigenvalue weighted by molar-refractivity contribution is 0.482. The van der Waals surface area contributed by atoms with Crippen LogP contribution in [0.3, 0.4) is 0 Å². The summed E-state index contributed by atoms with van der Waals surface area (Å²) in [6.07, 6.45) is 5.29. The first kappa shape index (κ1) is 13.6. The topological polar surface area (TPSA) is 89.8 Å². The van der Waals surface area contributed by atoms with Crippen molar-refractivity contribution < 1.29 is 4.74 Å². The smallest absolute Gasteiger partial charge is 0.131 e. The summed E-state index contributed by atoms with van der Waals surface area (Å²) >= 11 is 0. The van der Waals surface area contributed by atoms with Gasteiger partial charge in [0.2, 0.25) is 0 Å². The molecule has 2 aromatic heterocycles. The van der Waals surface area contributed by atoms with Gasteiger partial charge in [-0.1, -0.05) is 0 Å². The molecule has 2 N–H and O–H groups in total. The van der Waals surface area contributed by atoms with Crippen LogP contribution in [0, 0.1) is 11.3 Å².